The average molecular weight is 719 g/mol. The predicted octanol–water partition coefficient (Wildman–Crippen LogP) is 7.18. The van der Waals surface area contributed by atoms with Gasteiger partial charge in [-0.3, -0.25) is 9.69 Å². The van der Waals surface area contributed by atoms with E-state index < -0.39 is 6.03 Å². The third kappa shape index (κ3) is 5.87. The molecule has 34 heavy (non-hydrogen) atoms. The molecule has 0 aromatic heterocycles. The topological polar surface area (TPSA) is 58.6 Å². The molecule has 5 nitrogen and oxygen atoms in total. The van der Waals surface area contributed by atoms with E-state index in [4.69, 9.17) is 27.9 Å². The Balaban J connectivity index is 1.50. The summed E-state index contributed by atoms with van der Waals surface area (Å²) in [7, 11) is 0. The Morgan fingerprint density at radius 2 is 1.76 bits per heavy atom. The summed E-state index contributed by atoms with van der Waals surface area (Å²) in [6.07, 6.45) is 1.68. The number of ether oxygens (including phenoxy) is 1. The van der Waals surface area contributed by atoms with Crippen molar-refractivity contribution in [3.8, 4) is 5.75 Å². The van der Waals surface area contributed by atoms with Gasteiger partial charge >= 0.3 is 6.03 Å². The van der Waals surface area contributed by atoms with E-state index in [0.29, 0.717) is 16.7 Å². The second-order valence-corrected chi connectivity index (χ2v) is 10.9. The second-order valence-electron chi connectivity index (χ2n) is 7.71. The SMILES string of the molecule is Cc1cccc(CN2C(=O)N/C(=C/c3cc(I)c(OCc4ccc(Cl)cc4Cl)c(I)c3)C2=O)c1. The molecule has 0 spiro atoms. The van der Waals surface area contributed by atoms with Crippen LogP contribution in [0.1, 0.15) is 22.3 Å². The van der Waals surface area contributed by atoms with Gasteiger partial charge in [0.1, 0.15) is 18.1 Å². The molecule has 1 fully saturated rings. The number of imide groups is 1. The van der Waals surface area contributed by atoms with E-state index in [1.807, 2.05) is 49.4 Å². The summed E-state index contributed by atoms with van der Waals surface area (Å²) < 4.78 is 7.76. The molecule has 9 heteroatoms. The summed E-state index contributed by atoms with van der Waals surface area (Å²) >= 11 is 16.6. The van der Waals surface area contributed by atoms with Crippen LogP contribution in [0.4, 0.5) is 4.79 Å². The second kappa shape index (κ2) is 10.8. The van der Waals surface area contributed by atoms with Crippen LogP contribution >= 0.6 is 68.4 Å². The molecule has 1 N–H and O–H groups in total. The van der Waals surface area contributed by atoms with Gasteiger partial charge < -0.3 is 10.1 Å². The minimum absolute atomic E-state index is 0.221. The van der Waals surface area contributed by atoms with Crippen LogP contribution in [0, 0.1) is 14.1 Å². The maximum Gasteiger partial charge on any atom is 0.329 e. The number of amides is 3. The van der Waals surface area contributed by atoms with E-state index in [1.165, 1.54) is 4.90 Å². The van der Waals surface area contributed by atoms with Crippen molar-refractivity contribution >= 4 is 86.4 Å². The molecular formula is C25H18Cl2I2N2O3. The summed E-state index contributed by atoms with van der Waals surface area (Å²) in [5.41, 5.74) is 3.83. The predicted molar refractivity (Wildman–Crippen MR) is 151 cm³/mol. The van der Waals surface area contributed by atoms with Crippen molar-refractivity contribution in [2.45, 2.75) is 20.1 Å². The van der Waals surface area contributed by atoms with Gasteiger partial charge in [0.2, 0.25) is 0 Å². The van der Waals surface area contributed by atoms with Gasteiger partial charge in [-0.15, -0.1) is 0 Å². The lowest BCUT2D eigenvalue weighted by Crippen LogP contribution is -2.30. The Morgan fingerprint density at radius 1 is 1.03 bits per heavy atom. The highest BCUT2D eigenvalue weighted by Gasteiger charge is 2.33. The molecule has 3 amide bonds. The first-order valence-corrected chi connectivity index (χ1v) is 13.1. The number of hydrogen-bond donors (Lipinski definition) is 1. The molecule has 0 unspecified atom stereocenters. The molecule has 1 heterocycles. The Hall–Kier alpha value is -1.82. The fourth-order valence-electron chi connectivity index (χ4n) is 3.46. The van der Waals surface area contributed by atoms with E-state index in [0.717, 1.165) is 35.1 Å². The zero-order valence-corrected chi connectivity index (χ0v) is 23.7. The van der Waals surface area contributed by atoms with Gasteiger partial charge in [-0.2, -0.15) is 0 Å². The van der Waals surface area contributed by atoms with Crippen molar-refractivity contribution in [2.75, 3.05) is 0 Å². The third-order valence-corrected chi connectivity index (χ3v) is 7.29. The van der Waals surface area contributed by atoms with Crippen LogP contribution < -0.4 is 10.1 Å². The maximum atomic E-state index is 12.9. The normalized spacial score (nSPS) is 14.6. The third-order valence-electron chi connectivity index (χ3n) is 5.10. The Labute approximate surface area is 234 Å². The molecule has 1 aliphatic rings. The number of aryl methyl sites for hydroxylation is 1. The monoisotopic (exact) mass is 718 g/mol. The minimum atomic E-state index is -0.429. The van der Waals surface area contributed by atoms with Crippen LogP contribution in [0.5, 0.6) is 5.75 Å². The Kier molecular flexibility index (Phi) is 8.06. The fraction of sp³-hybridized carbons (Fsp3) is 0.120. The van der Waals surface area contributed by atoms with E-state index in [-0.39, 0.29) is 18.1 Å². The van der Waals surface area contributed by atoms with Crippen molar-refractivity contribution < 1.29 is 14.3 Å². The highest BCUT2D eigenvalue weighted by atomic mass is 127. The number of benzene rings is 3. The molecule has 0 aliphatic carbocycles. The van der Waals surface area contributed by atoms with Crippen molar-refractivity contribution in [3.63, 3.8) is 0 Å². The smallest absolute Gasteiger partial charge is 0.329 e. The fourth-order valence-corrected chi connectivity index (χ4v) is 6.06. The summed E-state index contributed by atoms with van der Waals surface area (Å²) in [4.78, 5) is 26.5. The first-order valence-electron chi connectivity index (χ1n) is 10.2. The maximum absolute atomic E-state index is 12.9. The van der Waals surface area contributed by atoms with Crippen LogP contribution in [-0.2, 0) is 17.9 Å². The highest BCUT2D eigenvalue weighted by molar-refractivity contribution is 14.1. The van der Waals surface area contributed by atoms with Crippen LogP contribution in [-0.4, -0.2) is 16.8 Å². The zero-order valence-electron chi connectivity index (χ0n) is 17.9. The number of urea groups is 1. The van der Waals surface area contributed by atoms with Crippen LogP contribution in [0.2, 0.25) is 10.0 Å². The molecule has 4 rings (SSSR count). The van der Waals surface area contributed by atoms with Crippen LogP contribution in [0.25, 0.3) is 6.08 Å². The molecular weight excluding hydrogens is 701 g/mol. The number of hydrogen-bond acceptors (Lipinski definition) is 3. The van der Waals surface area contributed by atoms with Gasteiger partial charge in [0.15, 0.2) is 0 Å². The summed E-state index contributed by atoms with van der Waals surface area (Å²) in [6.45, 7) is 2.49. The average Bonchev–Trinajstić information content (AvgIpc) is 3.02. The molecule has 0 radical (unpaired) electrons. The van der Waals surface area contributed by atoms with Crippen molar-refractivity contribution in [2.24, 2.45) is 0 Å². The van der Waals surface area contributed by atoms with E-state index >= 15 is 0 Å². The zero-order chi connectivity index (χ0) is 24.4. The molecule has 3 aromatic rings. The lowest BCUT2D eigenvalue weighted by atomic mass is 10.1. The molecule has 1 aliphatic heterocycles. The minimum Gasteiger partial charge on any atom is -0.487 e. The van der Waals surface area contributed by atoms with Crippen molar-refractivity contribution in [3.05, 3.63) is 99.7 Å². The number of carbonyl (C=O) groups is 2. The van der Waals surface area contributed by atoms with E-state index in [1.54, 1.807) is 18.2 Å². The standard InChI is InChI=1S/C25H18Cl2I2N2O3/c1-14-3-2-4-15(7-14)12-31-24(32)22(30-25(31)33)10-16-8-20(28)23(21(29)9-16)34-13-17-5-6-18(26)11-19(17)27/h2-11H,12-13H2,1H3,(H,30,33)/b22-10+. The quantitative estimate of drug-likeness (QED) is 0.167. The highest BCUT2D eigenvalue weighted by Crippen LogP contribution is 2.32. The summed E-state index contributed by atoms with van der Waals surface area (Å²) in [5.74, 6) is 0.367. The lowest BCUT2D eigenvalue weighted by Gasteiger charge is -2.13. The first-order chi connectivity index (χ1) is 16.2. The number of halogens is 4. The lowest BCUT2D eigenvalue weighted by molar-refractivity contribution is -0.123. The van der Waals surface area contributed by atoms with Gasteiger partial charge in [-0.1, -0.05) is 59.1 Å². The number of nitrogens with zero attached hydrogens (tertiary/aromatic N) is 1. The number of rotatable bonds is 6. The first kappa shape index (κ1) is 25.3. The Bertz CT molecular complexity index is 1300. The van der Waals surface area contributed by atoms with E-state index in [9.17, 15) is 9.59 Å². The van der Waals surface area contributed by atoms with Crippen LogP contribution in [0.3, 0.4) is 0 Å². The molecule has 1 saturated heterocycles. The largest absolute Gasteiger partial charge is 0.487 e. The Morgan fingerprint density at radius 3 is 2.44 bits per heavy atom. The summed E-state index contributed by atoms with van der Waals surface area (Å²) in [5, 5.41) is 3.80. The molecule has 174 valence electrons. The van der Waals surface area contributed by atoms with E-state index in [2.05, 4.69) is 50.5 Å². The summed E-state index contributed by atoms with van der Waals surface area (Å²) in [6, 6.07) is 16.4. The van der Waals surface area contributed by atoms with Gasteiger partial charge in [0.05, 0.1) is 13.7 Å². The molecule has 0 atom stereocenters. The number of carbonyl (C=O) groups excluding carboxylic acids is 2. The molecule has 0 bridgehead atoms. The van der Waals surface area contributed by atoms with Gasteiger partial charge in [-0.25, -0.2) is 4.79 Å². The number of nitrogens with one attached hydrogen (secondary N) is 1. The van der Waals surface area contributed by atoms with Crippen molar-refractivity contribution in [1.82, 2.24) is 10.2 Å². The molecule has 3 aromatic carbocycles. The van der Waals surface area contributed by atoms with Crippen LogP contribution in [0.15, 0.2) is 60.3 Å². The van der Waals surface area contributed by atoms with Gasteiger partial charge in [0, 0.05) is 15.6 Å². The van der Waals surface area contributed by atoms with Crippen molar-refractivity contribution in [1.29, 1.82) is 0 Å². The molecule has 0 saturated carbocycles. The van der Waals surface area contributed by atoms with Gasteiger partial charge in [0.25, 0.3) is 5.91 Å². The van der Waals surface area contributed by atoms with Gasteiger partial charge in [-0.05, 0) is 93.6 Å².